The van der Waals surface area contributed by atoms with E-state index in [2.05, 4.69) is 15.5 Å². The number of rotatable bonds is 5. The number of anilines is 2. The summed E-state index contributed by atoms with van der Waals surface area (Å²) in [5, 5.41) is 6.14. The molecule has 0 aliphatic carbocycles. The maximum absolute atomic E-state index is 12.0. The Labute approximate surface area is 123 Å². The molecule has 1 atom stereocenters. The van der Waals surface area contributed by atoms with Crippen molar-refractivity contribution in [3.05, 3.63) is 47.9 Å². The molecule has 2 N–H and O–H groups in total. The van der Waals surface area contributed by atoms with Gasteiger partial charge in [0.15, 0.2) is 0 Å². The molecule has 0 saturated carbocycles. The van der Waals surface area contributed by atoms with Gasteiger partial charge in [-0.05, 0) is 24.7 Å². The highest BCUT2D eigenvalue weighted by Crippen LogP contribution is 2.34. The van der Waals surface area contributed by atoms with Crippen molar-refractivity contribution in [3.8, 4) is 0 Å². The number of likely N-dealkylation sites (N-methyl/N-ethyl adjacent to an activating group) is 1. The normalized spacial score (nSPS) is 16.7. The van der Waals surface area contributed by atoms with Crippen molar-refractivity contribution in [3.63, 3.8) is 0 Å². The predicted molar refractivity (Wildman–Crippen MR) is 82.3 cm³/mol. The van der Waals surface area contributed by atoms with Crippen LogP contribution in [0.3, 0.4) is 0 Å². The van der Waals surface area contributed by atoms with E-state index in [-0.39, 0.29) is 11.9 Å². The number of nitrogens with zero attached hydrogens (tertiary/aromatic N) is 1. The fraction of sp³-hybridized carbons (Fsp3) is 0.312. The van der Waals surface area contributed by atoms with E-state index in [9.17, 15) is 4.79 Å². The molecule has 21 heavy (non-hydrogen) atoms. The SMILES string of the molecule is CCNC1C(=O)Nc2cc(N(C)Cc3ccoc3)ccc21. The summed E-state index contributed by atoms with van der Waals surface area (Å²) in [6.07, 6.45) is 3.42. The molecular weight excluding hydrogens is 266 g/mol. The van der Waals surface area contributed by atoms with E-state index >= 15 is 0 Å². The molecule has 5 nitrogen and oxygen atoms in total. The highest BCUT2D eigenvalue weighted by molar-refractivity contribution is 6.03. The molecule has 1 amide bonds. The van der Waals surface area contributed by atoms with Gasteiger partial charge in [-0.15, -0.1) is 0 Å². The van der Waals surface area contributed by atoms with Crippen LogP contribution in [0.4, 0.5) is 11.4 Å². The summed E-state index contributed by atoms with van der Waals surface area (Å²) in [6.45, 7) is 3.53. The van der Waals surface area contributed by atoms with Gasteiger partial charge in [0, 0.05) is 36.1 Å². The molecule has 5 heteroatoms. The standard InChI is InChI=1S/C16H19N3O2/c1-3-17-15-13-5-4-12(8-14(13)18-16(15)20)19(2)9-11-6-7-21-10-11/h4-8,10,15,17H,3,9H2,1-2H3,(H,18,20). The fourth-order valence-electron chi connectivity index (χ4n) is 2.64. The van der Waals surface area contributed by atoms with E-state index in [1.165, 1.54) is 0 Å². The molecule has 1 aromatic heterocycles. The minimum Gasteiger partial charge on any atom is -0.472 e. The third-order valence-electron chi connectivity index (χ3n) is 3.72. The monoisotopic (exact) mass is 285 g/mol. The van der Waals surface area contributed by atoms with Gasteiger partial charge in [-0.3, -0.25) is 4.79 Å². The zero-order valence-corrected chi connectivity index (χ0v) is 12.2. The number of carbonyl (C=O) groups excluding carboxylic acids is 1. The summed E-state index contributed by atoms with van der Waals surface area (Å²) < 4.78 is 5.09. The molecule has 1 aromatic carbocycles. The summed E-state index contributed by atoms with van der Waals surface area (Å²) in [6, 6.07) is 7.79. The van der Waals surface area contributed by atoms with E-state index in [0.717, 1.165) is 35.6 Å². The van der Waals surface area contributed by atoms with Gasteiger partial charge in [-0.2, -0.15) is 0 Å². The van der Waals surface area contributed by atoms with Crippen LogP contribution in [-0.2, 0) is 11.3 Å². The molecule has 110 valence electrons. The Bertz CT molecular complexity index is 637. The first kappa shape index (κ1) is 13.7. The first-order valence-electron chi connectivity index (χ1n) is 7.09. The summed E-state index contributed by atoms with van der Waals surface area (Å²) in [5.74, 6) is 0.0153. The van der Waals surface area contributed by atoms with Gasteiger partial charge in [0.05, 0.1) is 12.5 Å². The van der Waals surface area contributed by atoms with E-state index in [1.54, 1.807) is 12.5 Å². The van der Waals surface area contributed by atoms with Crippen molar-refractivity contribution < 1.29 is 9.21 Å². The number of carbonyl (C=O) groups is 1. The molecule has 0 spiro atoms. The smallest absolute Gasteiger partial charge is 0.246 e. The van der Waals surface area contributed by atoms with Crippen LogP contribution in [0.5, 0.6) is 0 Å². The molecule has 2 heterocycles. The Morgan fingerprint density at radius 2 is 2.24 bits per heavy atom. The molecule has 0 fully saturated rings. The van der Waals surface area contributed by atoms with Gasteiger partial charge in [0.2, 0.25) is 5.91 Å². The molecule has 0 saturated heterocycles. The molecule has 0 radical (unpaired) electrons. The minimum atomic E-state index is -0.238. The Balaban J connectivity index is 1.80. The maximum Gasteiger partial charge on any atom is 0.246 e. The Kier molecular flexibility index (Phi) is 3.66. The number of furan rings is 1. The predicted octanol–water partition coefficient (Wildman–Crippen LogP) is 2.52. The highest BCUT2D eigenvalue weighted by atomic mass is 16.3. The van der Waals surface area contributed by atoms with Crippen LogP contribution < -0.4 is 15.5 Å². The zero-order valence-electron chi connectivity index (χ0n) is 12.2. The lowest BCUT2D eigenvalue weighted by molar-refractivity contribution is -0.117. The van der Waals surface area contributed by atoms with Crippen LogP contribution in [0, 0.1) is 0 Å². The molecule has 1 unspecified atom stereocenters. The number of fused-ring (bicyclic) bond motifs is 1. The van der Waals surface area contributed by atoms with E-state index < -0.39 is 0 Å². The van der Waals surface area contributed by atoms with Crippen molar-refractivity contribution in [1.29, 1.82) is 0 Å². The third-order valence-corrected chi connectivity index (χ3v) is 3.72. The average molecular weight is 285 g/mol. The Hall–Kier alpha value is -2.27. The summed E-state index contributed by atoms with van der Waals surface area (Å²) in [4.78, 5) is 14.1. The minimum absolute atomic E-state index is 0.0153. The number of hydrogen-bond donors (Lipinski definition) is 2. The second-order valence-electron chi connectivity index (χ2n) is 5.24. The lowest BCUT2D eigenvalue weighted by atomic mass is 10.1. The Morgan fingerprint density at radius 3 is 2.95 bits per heavy atom. The third kappa shape index (κ3) is 2.64. The van der Waals surface area contributed by atoms with E-state index in [1.807, 2.05) is 38.2 Å². The fourth-order valence-corrected chi connectivity index (χ4v) is 2.64. The largest absolute Gasteiger partial charge is 0.472 e. The summed E-state index contributed by atoms with van der Waals surface area (Å²) in [7, 11) is 2.02. The van der Waals surface area contributed by atoms with Crippen LogP contribution in [0.15, 0.2) is 41.2 Å². The van der Waals surface area contributed by atoms with E-state index in [0.29, 0.717) is 0 Å². The van der Waals surface area contributed by atoms with Gasteiger partial charge in [0.25, 0.3) is 0 Å². The van der Waals surface area contributed by atoms with Gasteiger partial charge in [-0.25, -0.2) is 0 Å². The number of nitrogens with one attached hydrogen (secondary N) is 2. The number of benzene rings is 1. The van der Waals surface area contributed by atoms with Crippen LogP contribution in [0.1, 0.15) is 24.1 Å². The second-order valence-corrected chi connectivity index (χ2v) is 5.24. The van der Waals surface area contributed by atoms with Crippen molar-refractivity contribution in [2.24, 2.45) is 0 Å². The van der Waals surface area contributed by atoms with Crippen molar-refractivity contribution in [2.45, 2.75) is 19.5 Å². The number of hydrogen-bond acceptors (Lipinski definition) is 4. The van der Waals surface area contributed by atoms with Gasteiger partial charge in [-0.1, -0.05) is 13.0 Å². The lowest BCUT2D eigenvalue weighted by Gasteiger charge is -2.19. The van der Waals surface area contributed by atoms with Crippen LogP contribution >= 0.6 is 0 Å². The number of amides is 1. The first-order valence-corrected chi connectivity index (χ1v) is 7.09. The summed E-state index contributed by atoms with van der Waals surface area (Å²) >= 11 is 0. The molecule has 2 aromatic rings. The van der Waals surface area contributed by atoms with Crippen molar-refractivity contribution in [2.75, 3.05) is 23.8 Å². The zero-order chi connectivity index (χ0) is 14.8. The van der Waals surface area contributed by atoms with Crippen LogP contribution in [-0.4, -0.2) is 19.5 Å². The lowest BCUT2D eigenvalue weighted by Crippen LogP contribution is -2.27. The second kappa shape index (κ2) is 5.61. The topological polar surface area (TPSA) is 57.5 Å². The van der Waals surface area contributed by atoms with Gasteiger partial charge < -0.3 is 20.0 Å². The van der Waals surface area contributed by atoms with Crippen LogP contribution in [0.2, 0.25) is 0 Å². The molecule has 3 rings (SSSR count). The van der Waals surface area contributed by atoms with E-state index in [4.69, 9.17) is 4.42 Å². The summed E-state index contributed by atoms with van der Waals surface area (Å²) in [5.41, 5.74) is 4.09. The molecule has 0 bridgehead atoms. The molecule has 1 aliphatic rings. The maximum atomic E-state index is 12.0. The van der Waals surface area contributed by atoms with Crippen LogP contribution in [0.25, 0.3) is 0 Å². The van der Waals surface area contributed by atoms with Crippen molar-refractivity contribution >= 4 is 17.3 Å². The van der Waals surface area contributed by atoms with Gasteiger partial charge in [0.1, 0.15) is 6.04 Å². The molecular formula is C16H19N3O2. The quantitative estimate of drug-likeness (QED) is 0.886. The molecule has 1 aliphatic heterocycles. The van der Waals surface area contributed by atoms with Crippen molar-refractivity contribution in [1.82, 2.24) is 5.32 Å². The average Bonchev–Trinajstić information content (AvgIpc) is 3.07. The highest BCUT2D eigenvalue weighted by Gasteiger charge is 2.29. The van der Waals surface area contributed by atoms with Gasteiger partial charge >= 0.3 is 0 Å². The first-order chi connectivity index (χ1) is 10.2. The Morgan fingerprint density at radius 1 is 1.38 bits per heavy atom.